The van der Waals surface area contributed by atoms with Crippen LogP contribution in [-0.4, -0.2) is 28.5 Å². The van der Waals surface area contributed by atoms with Crippen molar-refractivity contribution in [1.29, 1.82) is 0 Å². The second-order valence-corrected chi connectivity index (χ2v) is 6.54. The molecule has 0 spiro atoms. The van der Waals surface area contributed by atoms with Gasteiger partial charge in [-0.2, -0.15) is 0 Å². The summed E-state index contributed by atoms with van der Waals surface area (Å²) < 4.78 is 33.2. The zero-order chi connectivity index (χ0) is 18.4. The number of ether oxygens (including phenoxy) is 2. The number of carbonyl (C=O) groups excluding carboxylic acids is 1. The van der Waals surface area contributed by atoms with Crippen LogP contribution in [0.2, 0.25) is 0 Å². The molecule has 0 radical (unpaired) electrons. The van der Waals surface area contributed by atoms with Crippen LogP contribution in [0.25, 0.3) is 6.08 Å². The van der Waals surface area contributed by atoms with Gasteiger partial charge in [0.1, 0.15) is 16.4 Å². The lowest BCUT2D eigenvalue weighted by atomic mass is 10.2. The van der Waals surface area contributed by atoms with Crippen LogP contribution >= 0.6 is 0 Å². The lowest BCUT2D eigenvalue weighted by Crippen LogP contribution is -2.15. The molecule has 0 aliphatic rings. The van der Waals surface area contributed by atoms with E-state index in [0.717, 1.165) is 11.3 Å². The molecule has 25 heavy (non-hydrogen) atoms. The molecule has 1 amide bonds. The number of sulfonamides is 1. The fourth-order valence-electron chi connectivity index (χ4n) is 2.05. The van der Waals surface area contributed by atoms with E-state index in [1.807, 2.05) is 0 Å². The summed E-state index contributed by atoms with van der Waals surface area (Å²) in [7, 11) is -1.07. The third-order valence-corrected chi connectivity index (χ3v) is 4.21. The second-order valence-electron chi connectivity index (χ2n) is 5.01. The molecule has 132 valence electrons. The van der Waals surface area contributed by atoms with E-state index in [-0.39, 0.29) is 16.3 Å². The Labute approximate surface area is 146 Å². The first-order valence-corrected chi connectivity index (χ1v) is 8.72. The Kier molecular flexibility index (Phi) is 5.79. The minimum atomic E-state index is -3.97. The molecule has 2 aromatic carbocycles. The van der Waals surface area contributed by atoms with Crippen LogP contribution in [0.1, 0.15) is 5.56 Å². The molecule has 0 saturated heterocycles. The van der Waals surface area contributed by atoms with Crippen LogP contribution in [0.3, 0.4) is 0 Å². The summed E-state index contributed by atoms with van der Waals surface area (Å²) in [6.07, 6.45) is 2.96. The quantitative estimate of drug-likeness (QED) is 0.764. The van der Waals surface area contributed by atoms with Gasteiger partial charge in [-0.25, -0.2) is 13.6 Å². The van der Waals surface area contributed by atoms with Gasteiger partial charge in [-0.05, 0) is 42.0 Å². The number of hydrogen-bond donors (Lipinski definition) is 2. The zero-order valence-electron chi connectivity index (χ0n) is 13.7. The molecule has 0 bridgehead atoms. The first kappa shape index (κ1) is 18.5. The number of methoxy groups -OCH3 is 2. The number of nitrogens with one attached hydrogen (secondary N) is 1. The first-order chi connectivity index (χ1) is 11.8. The fraction of sp³-hybridized carbons (Fsp3) is 0.118. The van der Waals surface area contributed by atoms with Crippen LogP contribution in [-0.2, 0) is 14.8 Å². The van der Waals surface area contributed by atoms with Crippen LogP contribution in [0.15, 0.2) is 53.4 Å². The van der Waals surface area contributed by atoms with E-state index in [1.54, 1.807) is 37.5 Å². The van der Waals surface area contributed by atoms with Gasteiger partial charge in [0.05, 0.1) is 14.2 Å². The normalized spacial score (nSPS) is 11.3. The Morgan fingerprint density at radius 3 is 2.32 bits per heavy atom. The summed E-state index contributed by atoms with van der Waals surface area (Å²) in [4.78, 5) is 11.8. The maximum absolute atomic E-state index is 12.0. The molecule has 3 N–H and O–H groups in total. The third kappa shape index (κ3) is 5.07. The summed E-state index contributed by atoms with van der Waals surface area (Å²) in [5.74, 6) is 0.408. The van der Waals surface area contributed by atoms with E-state index in [2.05, 4.69) is 5.32 Å². The van der Waals surface area contributed by atoms with Crippen molar-refractivity contribution in [2.45, 2.75) is 4.90 Å². The topological polar surface area (TPSA) is 108 Å². The third-order valence-electron chi connectivity index (χ3n) is 3.28. The first-order valence-electron chi connectivity index (χ1n) is 7.17. The van der Waals surface area contributed by atoms with E-state index in [4.69, 9.17) is 14.6 Å². The molecule has 0 aliphatic carbocycles. The van der Waals surface area contributed by atoms with Crippen molar-refractivity contribution in [3.05, 3.63) is 54.1 Å². The molecule has 7 nitrogen and oxygen atoms in total. The van der Waals surface area contributed by atoms with Gasteiger partial charge in [-0.3, -0.25) is 4.79 Å². The highest BCUT2D eigenvalue weighted by Gasteiger charge is 2.16. The Morgan fingerprint density at radius 2 is 1.76 bits per heavy atom. The second kappa shape index (κ2) is 7.82. The molecule has 2 aromatic rings. The maximum Gasteiger partial charge on any atom is 0.248 e. The average Bonchev–Trinajstić information content (AvgIpc) is 2.59. The van der Waals surface area contributed by atoms with Gasteiger partial charge >= 0.3 is 0 Å². The number of anilines is 1. The van der Waals surface area contributed by atoms with Crippen molar-refractivity contribution >= 4 is 27.7 Å². The average molecular weight is 362 g/mol. The van der Waals surface area contributed by atoms with Gasteiger partial charge in [0.15, 0.2) is 0 Å². The lowest BCUT2D eigenvalue weighted by molar-refractivity contribution is -0.111. The number of primary sulfonamides is 1. The Hall–Kier alpha value is -2.84. The van der Waals surface area contributed by atoms with Crippen LogP contribution in [0.5, 0.6) is 11.5 Å². The van der Waals surface area contributed by atoms with Crippen molar-refractivity contribution < 1.29 is 22.7 Å². The molecule has 0 saturated carbocycles. The molecular formula is C17H18N2O5S. The van der Waals surface area contributed by atoms with Crippen molar-refractivity contribution in [3.8, 4) is 11.5 Å². The number of nitrogens with two attached hydrogens (primary N) is 1. The molecule has 2 rings (SSSR count). The number of rotatable bonds is 6. The number of amides is 1. The smallest absolute Gasteiger partial charge is 0.248 e. The van der Waals surface area contributed by atoms with Crippen molar-refractivity contribution in [1.82, 2.24) is 0 Å². The van der Waals surface area contributed by atoms with Crippen molar-refractivity contribution in [2.75, 3.05) is 19.5 Å². The maximum atomic E-state index is 12.0. The molecule has 0 unspecified atom stereocenters. The van der Waals surface area contributed by atoms with Crippen LogP contribution in [0.4, 0.5) is 5.69 Å². The highest BCUT2D eigenvalue weighted by molar-refractivity contribution is 7.89. The molecule has 0 heterocycles. The van der Waals surface area contributed by atoms with Gasteiger partial charge < -0.3 is 14.8 Å². The van der Waals surface area contributed by atoms with Gasteiger partial charge in [0.2, 0.25) is 15.9 Å². The molecular weight excluding hydrogens is 344 g/mol. The van der Waals surface area contributed by atoms with E-state index >= 15 is 0 Å². The summed E-state index contributed by atoms with van der Waals surface area (Å²) >= 11 is 0. The molecule has 0 aromatic heterocycles. The SMILES string of the molecule is COc1ccc(/C=C/C(=O)Nc2ccc(OC)c(S(N)(=O)=O)c2)cc1. The highest BCUT2D eigenvalue weighted by atomic mass is 32.2. The Bertz CT molecular complexity index is 890. The Balaban J connectivity index is 2.13. The number of hydrogen-bond acceptors (Lipinski definition) is 5. The van der Waals surface area contributed by atoms with Gasteiger partial charge in [0.25, 0.3) is 0 Å². The highest BCUT2D eigenvalue weighted by Crippen LogP contribution is 2.26. The lowest BCUT2D eigenvalue weighted by Gasteiger charge is -2.09. The summed E-state index contributed by atoms with van der Waals surface area (Å²) in [5, 5.41) is 7.72. The van der Waals surface area contributed by atoms with E-state index < -0.39 is 15.9 Å². The van der Waals surface area contributed by atoms with Gasteiger partial charge in [-0.15, -0.1) is 0 Å². The predicted molar refractivity (Wildman–Crippen MR) is 95.0 cm³/mol. The fourth-order valence-corrected chi connectivity index (χ4v) is 2.77. The molecule has 0 atom stereocenters. The van der Waals surface area contributed by atoms with E-state index in [0.29, 0.717) is 0 Å². The number of benzene rings is 2. The predicted octanol–water partition coefficient (Wildman–Crippen LogP) is 2.00. The van der Waals surface area contributed by atoms with Gasteiger partial charge in [-0.1, -0.05) is 12.1 Å². The standard InChI is InChI=1S/C17H18N2O5S/c1-23-14-7-3-12(4-8-14)5-10-17(20)19-13-6-9-15(24-2)16(11-13)25(18,21)22/h3-11H,1-2H3,(H,19,20)(H2,18,21,22)/b10-5+. The summed E-state index contributed by atoms with van der Waals surface area (Å²) in [6, 6.07) is 11.3. The molecule has 8 heteroatoms. The minimum Gasteiger partial charge on any atom is -0.497 e. The van der Waals surface area contributed by atoms with Crippen molar-refractivity contribution in [3.63, 3.8) is 0 Å². The van der Waals surface area contributed by atoms with E-state index in [9.17, 15) is 13.2 Å². The molecule has 0 fully saturated rings. The van der Waals surface area contributed by atoms with Gasteiger partial charge in [0, 0.05) is 11.8 Å². The van der Waals surface area contributed by atoms with Crippen molar-refractivity contribution in [2.24, 2.45) is 5.14 Å². The largest absolute Gasteiger partial charge is 0.497 e. The number of carbonyl (C=O) groups is 1. The summed E-state index contributed by atoms with van der Waals surface area (Å²) in [6.45, 7) is 0. The van der Waals surface area contributed by atoms with Crippen LogP contribution < -0.4 is 19.9 Å². The summed E-state index contributed by atoms with van der Waals surface area (Å²) in [5.41, 5.74) is 1.10. The van der Waals surface area contributed by atoms with E-state index in [1.165, 1.54) is 31.4 Å². The molecule has 0 aliphatic heterocycles. The monoisotopic (exact) mass is 362 g/mol. The Morgan fingerprint density at radius 1 is 1.08 bits per heavy atom. The minimum absolute atomic E-state index is 0.106. The zero-order valence-corrected chi connectivity index (χ0v) is 14.5. The van der Waals surface area contributed by atoms with Crippen LogP contribution in [0, 0.1) is 0 Å².